The Morgan fingerprint density at radius 2 is 1.85 bits per heavy atom. The van der Waals surface area contributed by atoms with Crippen molar-refractivity contribution in [2.24, 2.45) is 0 Å². The van der Waals surface area contributed by atoms with Crippen molar-refractivity contribution in [3.63, 3.8) is 0 Å². The fourth-order valence-corrected chi connectivity index (χ4v) is 2.15. The van der Waals surface area contributed by atoms with Crippen LogP contribution in [0.3, 0.4) is 0 Å². The number of Topliss-reactive ketones (excluding diaryl/α,β-unsaturated/α-hetero) is 1. The summed E-state index contributed by atoms with van der Waals surface area (Å²) in [6, 6.07) is 8.78. The molecule has 0 unspecified atom stereocenters. The minimum atomic E-state index is -4.51. The zero-order valence-corrected chi connectivity index (χ0v) is 14.0. The maximum atomic E-state index is 12.7. The van der Waals surface area contributed by atoms with Crippen LogP contribution in [0.15, 0.2) is 42.5 Å². The van der Waals surface area contributed by atoms with Gasteiger partial charge in [-0.2, -0.15) is 13.2 Å². The molecule has 26 heavy (non-hydrogen) atoms. The van der Waals surface area contributed by atoms with Gasteiger partial charge in [-0.1, -0.05) is 6.07 Å². The number of nitrogens with one attached hydrogen (secondary N) is 1. The molecule has 0 aliphatic heterocycles. The van der Waals surface area contributed by atoms with E-state index in [4.69, 9.17) is 9.47 Å². The molecule has 0 aliphatic carbocycles. The lowest BCUT2D eigenvalue weighted by Gasteiger charge is -2.12. The largest absolute Gasteiger partial charge is 0.497 e. The molecular weight excluding hydrogens is 351 g/mol. The fraction of sp³-hybridized carbons (Fsp3) is 0.222. The van der Waals surface area contributed by atoms with Crippen molar-refractivity contribution < 1.29 is 32.2 Å². The second-order valence-corrected chi connectivity index (χ2v) is 5.33. The second-order valence-electron chi connectivity index (χ2n) is 5.33. The number of ether oxygens (including phenoxy) is 2. The molecule has 0 saturated heterocycles. The van der Waals surface area contributed by atoms with Gasteiger partial charge >= 0.3 is 6.18 Å². The highest BCUT2D eigenvalue weighted by atomic mass is 19.4. The summed E-state index contributed by atoms with van der Waals surface area (Å²) in [5, 5.41) is 2.32. The molecule has 0 aromatic heterocycles. The summed E-state index contributed by atoms with van der Waals surface area (Å²) in [6.45, 7) is 0.862. The second kappa shape index (κ2) is 7.90. The molecule has 2 rings (SSSR count). The summed E-state index contributed by atoms with van der Waals surface area (Å²) in [6.07, 6.45) is -4.51. The van der Waals surface area contributed by atoms with Crippen LogP contribution in [-0.4, -0.2) is 25.4 Å². The molecule has 0 saturated carbocycles. The zero-order chi connectivity index (χ0) is 19.3. The molecule has 1 N–H and O–H groups in total. The topological polar surface area (TPSA) is 64.6 Å². The highest BCUT2D eigenvalue weighted by molar-refractivity contribution is 5.97. The molecule has 0 atom stereocenters. The SMILES string of the molecule is COc1ccc(C(C)=O)c(OCC(=O)Nc2cccc(C(F)(F)F)c2)c1. The first-order valence-electron chi connectivity index (χ1n) is 7.49. The molecule has 2 aromatic carbocycles. The highest BCUT2D eigenvalue weighted by Crippen LogP contribution is 2.30. The van der Waals surface area contributed by atoms with Crippen LogP contribution in [0.4, 0.5) is 18.9 Å². The highest BCUT2D eigenvalue weighted by Gasteiger charge is 2.30. The average Bonchev–Trinajstić information content (AvgIpc) is 2.59. The molecular formula is C18H16F3NO4. The lowest BCUT2D eigenvalue weighted by Crippen LogP contribution is -2.21. The Labute approximate surface area is 147 Å². The first-order valence-corrected chi connectivity index (χ1v) is 7.49. The van der Waals surface area contributed by atoms with Crippen LogP contribution >= 0.6 is 0 Å². The van der Waals surface area contributed by atoms with Crippen molar-refractivity contribution in [3.8, 4) is 11.5 Å². The summed E-state index contributed by atoms with van der Waals surface area (Å²) >= 11 is 0. The van der Waals surface area contributed by atoms with Gasteiger partial charge in [0.2, 0.25) is 0 Å². The third kappa shape index (κ3) is 4.98. The third-order valence-corrected chi connectivity index (χ3v) is 3.40. The number of amides is 1. The molecule has 8 heteroatoms. The van der Waals surface area contributed by atoms with Crippen LogP contribution in [0, 0.1) is 0 Å². The molecule has 2 aromatic rings. The Kier molecular flexibility index (Phi) is 5.86. The Hall–Kier alpha value is -3.03. The zero-order valence-electron chi connectivity index (χ0n) is 14.0. The van der Waals surface area contributed by atoms with Crippen molar-refractivity contribution >= 4 is 17.4 Å². The summed E-state index contributed by atoms with van der Waals surface area (Å²) in [4.78, 5) is 23.6. The van der Waals surface area contributed by atoms with E-state index in [9.17, 15) is 22.8 Å². The van der Waals surface area contributed by atoms with Crippen molar-refractivity contribution in [1.82, 2.24) is 0 Å². The van der Waals surface area contributed by atoms with Crippen LogP contribution < -0.4 is 14.8 Å². The Morgan fingerprint density at radius 3 is 2.46 bits per heavy atom. The molecule has 0 heterocycles. The predicted octanol–water partition coefficient (Wildman–Crippen LogP) is 3.93. The van der Waals surface area contributed by atoms with Gasteiger partial charge < -0.3 is 14.8 Å². The Morgan fingerprint density at radius 1 is 1.12 bits per heavy atom. The minimum Gasteiger partial charge on any atom is -0.497 e. The van der Waals surface area contributed by atoms with Crippen molar-refractivity contribution in [2.45, 2.75) is 13.1 Å². The van der Waals surface area contributed by atoms with E-state index in [2.05, 4.69) is 5.32 Å². The number of methoxy groups -OCH3 is 1. The number of hydrogen-bond acceptors (Lipinski definition) is 4. The third-order valence-electron chi connectivity index (χ3n) is 3.40. The maximum absolute atomic E-state index is 12.7. The van der Waals surface area contributed by atoms with Gasteiger partial charge in [0, 0.05) is 11.8 Å². The van der Waals surface area contributed by atoms with Crippen LogP contribution in [0.25, 0.3) is 0 Å². The van der Waals surface area contributed by atoms with Crippen LogP contribution in [0.2, 0.25) is 0 Å². The number of carbonyl (C=O) groups is 2. The van der Waals surface area contributed by atoms with E-state index in [1.165, 1.54) is 38.3 Å². The summed E-state index contributed by atoms with van der Waals surface area (Å²) < 4.78 is 48.4. The van der Waals surface area contributed by atoms with Crippen molar-refractivity contribution in [1.29, 1.82) is 0 Å². The monoisotopic (exact) mass is 367 g/mol. The number of anilines is 1. The number of benzene rings is 2. The molecule has 0 radical (unpaired) electrons. The van der Waals surface area contributed by atoms with E-state index in [0.717, 1.165) is 12.1 Å². The first-order chi connectivity index (χ1) is 12.2. The molecule has 138 valence electrons. The van der Waals surface area contributed by atoms with E-state index >= 15 is 0 Å². The number of rotatable bonds is 6. The normalized spacial score (nSPS) is 11.0. The van der Waals surface area contributed by atoms with E-state index in [0.29, 0.717) is 5.75 Å². The van der Waals surface area contributed by atoms with Crippen LogP contribution in [0.1, 0.15) is 22.8 Å². The van der Waals surface area contributed by atoms with Gasteiger partial charge in [0.15, 0.2) is 12.4 Å². The Bertz CT molecular complexity index is 818. The summed E-state index contributed by atoms with van der Waals surface area (Å²) in [5.74, 6) is -0.345. The van der Waals surface area contributed by atoms with E-state index < -0.39 is 24.3 Å². The fourth-order valence-electron chi connectivity index (χ4n) is 2.15. The minimum absolute atomic E-state index is 0.00846. The van der Waals surface area contributed by atoms with Gasteiger partial charge in [-0.05, 0) is 37.3 Å². The number of hydrogen-bond donors (Lipinski definition) is 1. The van der Waals surface area contributed by atoms with Gasteiger partial charge in [0.1, 0.15) is 11.5 Å². The van der Waals surface area contributed by atoms with Gasteiger partial charge in [0.25, 0.3) is 5.91 Å². The summed E-state index contributed by atoms with van der Waals surface area (Å²) in [5.41, 5.74) is -0.619. The van der Waals surface area contributed by atoms with Crippen molar-refractivity contribution in [2.75, 3.05) is 19.0 Å². The van der Waals surface area contributed by atoms with E-state index in [-0.39, 0.29) is 22.8 Å². The van der Waals surface area contributed by atoms with Gasteiger partial charge in [0.05, 0.1) is 18.2 Å². The van der Waals surface area contributed by atoms with Crippen molar-refractivity contribution in [3.05, 3.63) is 53.6 Å². The molecule has 5 nitrogen and oxygen atoms in total. The number of ketones is 1. The molecule has 1 amide bonds. The number of alkyl halides is 3. The maximum Gasteiger partial charge on any atom is 0.416 e. The molecule has 0 spiro atoms. The van der Waals surface area contributed by atoms with Gasteiger partial charge in [-0.25, -0.2) is 0 Å². The van der Waals surface area contributed by atoms with Crippen LogP contribution in [0.5, 0.6) is 11.5 Å². The molecule has 0 aliphatic rings. The predicted molar refractivity (Wildman–Crippen MR) is 88.6 cm³/mol. The first kappa shape index (κ1) is 19.3. The van der Waals surface area contributed by atoms with E-state index in [1.54, 1.807) is 6.07 Å². The van der Waals surface area contributed by atoms with Crippen LogP contribution in [-0.2, 0) is 11.0 Å². The van der Waals surface area contributed by atoms with Gasteiger partial charge in [-0.15, -0.1) is 0 Å². The van der Waals surface area contributed by atoms with Gasteiger partial charge in [-0.3, -0.25) is 9.59 Å². The Balaban J connectivity index is 2.07. The summed E-state index contributed by atoms with van der Waals surface area (Å²) in [7, 11) is 1.44. The standard InChI is InChI=1S/C18H16F3NO4/c1-11(23)15-7-6-14(25-2)9-16(15)26-10-17(24)22-13-5-3-4-12(8-13)18(19,20)21/h3-9H,10H2,1-2H3,(H,22,24). The quantitative estimate of drug-likeness (QED) is 0.786. The van der Waals surface area contributed by atoms with E-state index in [1.807, 2.05) is 0 Å². The number of carbonyl (C=O) groups excluding carboxylic acids is 2. The molecule has 0 fully saturated rings. The lowest BCUT2D eigenvalue weighted by molar-refractivity contribution is -0.137. The smallest absolute Gasteiger partial charge is 0.416 e. The lowest BCUT2D eigenvalue weighted by atomic mass is 10.1. The number of halogens is 3. The molecule has 0 bridgehead atoms. The average molecular weight is 367 g/mol.